The highest BCUT2D eigenvalue weighted by molar-refractivity contribution is 6.00. The van der Waals surface area contributed by atoms with Gasteiger partial charge in [-0.3, -0.25) is 14.3 Å². The predicted molar refractivity (Wildman–Crippen MR) is 76.2 cm³/mol. The molecule has 1 aliphatic heterocycles. The van der Waals surface area contributed by atoms with Crippen molar-refractivity contribution in [1.29, 1.82) is 0 Å². The highest BCUT2D eigenvalue weighted by Gasteiger charge is 2.35. The molecular weight excluding hydrogens is 256 g/mol. The zero-order valence-electron chi connectivity index (χ0n) is 12.3. The zero-order chi connectivity index (χ0) is 14.7. The first-order chi connectivity index (χ1) is 9.51. The molecule has 1 N–H and O–H groups in total. The maximum Gasteiger partial charge on any atom is 0.227 e. The van der Waals surface area contributed by atoms with E-state index in [1.54, 1.807) is 11.1 Å². The van der Waals surface area contributed by atoms with Crippen molar-refractivity contribution in [3.63, 3.8) is 0 Å². The summed E-state index contributed by atoms with van der Waals surface area (Å²) in [5, 5.41) is 7.04. The second-order valence-corrected chi connectivity index (χ2v) is 5.61. The molecule has 20 heavy (non-hydrogen) atoms. The minimum absolute atomic E-state index is 0.00894. The van der Waals surface area contributed by atoms with Gasteiger partial charge in [0.2, 0.25) is 11.8 Å². The van der Waals surface area contributed by atoms with Crippen LogP contribution in [0.1, 0.15) is 27.2 Å². The molecular formula is C14H22N4O2. The van der Waals surface area contributed by atoms with Gasteiger partial charge in [0.05, 0.1) is 17.8 Å². The van der Waals surface area contributed by atoms with Crippen LogP contribution < -0.4 is 10.2 Å². The van der Waals surface area contributed by atoms with Crippen LogP contribution >= 0.6 is 0 Å². The van der Waals surface area contributed by atoms with Gasteiger partial charge in [-0.05, 0) is 12.8 Å². The molecule has 0 saturated carbocycles. The first-order valence-electron chi connectivity index (χ1n) is 7.11. The third-order valence-electron chi connectivity index (χ3n) is 3.33. The molecule has 2 heterocycles. The maximum atomic E-state index is 12.0. The molecule has 0 radical (unpaired) electrons. The largest absolute Gasteiger partial charge is 0.356 e. The number of nitrogens with zero attached hydrogens (tertiary/aromatic N) is 3. The van der Waals surface area contributed by atoms with E-state index in [4.69, 9.17) is 0 Å². The van der Waals surface area contributed by atoms with Crippen molar-refractivity contribution in [3.05, 3.63) is 12.4 Å². The first-order valence-corrected chi connectivity index (χ1v) is 7.11. The molecule has 1 aliphatic rings. The summed E-state index contributed by atoms with van der Waals surface area (Å²) in [4.78, 5) is 25.5. The van der Waals surface area contributed by atoms with E-state index in [0.29, 0.717) is 19.0 Å². The maximum absolute atomic E-state index is 12.0. The van der Waals surface area contributed by atoms with Crippen LogP contribution in [0.5, 0.6) is 0 Å². The van der Waals surface area contributed by atoms with Crippen LogP contribution in [0.2, 0.25) is 0 Å². The fraction of sp³-hybridized carbons (Fsp3) is 0.643. The number of nitrogens with one attached hydrogen (secondary N) is 1. The number of carbonyl (C=O) groups is 2. The minimum Gasteiger partial charge on any atom is -0.356 e. The topological polar surface area (TPSA) is 67.2 Å². The molecule has 0 bridgehead atoms. The van der Waals surface area contributed by atoms with Crippen molar-refractivity contribution in [2.75, 3.05) is 18.0 Å². The molecule has 6 heteroatoms. The second-order valence-electron chi connectivity index (χ2n) is 5.61. The Bertz CT molecular complexity index is 495. The quantitative estimate of drug-likeness (QED) is 0.874. The number of hydrogen-bond acceptors (Lipinski definition) is 3. The Balaban J connectivity index is 2.04. The molecule has 1 aromatic rings. The summed E-state index contributed by atoms with van der Waals surface area (Å²) in [6.45, 7) is 7.97. The molecule has 0 aliphatic carbocycles. The van der Waals surface area contributed by atoms with E-state index in [1.807, 2.05) is 17.8 Å². The molecule has 1 fully saturated rings. The molecule has 6 nitrogen and oxygen atoms in total. The van der Waals surface area contributed by atoms with E-state index in [2.05, 4.69) is 24.3 Å². The summed E-state index contributed by atoms with van der Waals surface area (Å²) in [6.07, 6.45) is 3.85. The Morgan fingerprint density at radius 2 is 2.30 bits per heavy atom. The summed E-state index contributed by atoms with van der Waals surface area (Å²) in [5.74, 6) is 0.194. The number of hydrogen-bond donors (Lipinski definition) is 1. The van der Waals surface area contributed by atoms with Crippen molar-refractivity contribution in [2.45, 2.75) is 33.7 Å². The van der Waals surface area contributed by atoms with E-state index < -0.39 is 0 Å². The lowest BCUT2D eigenvalue weighted by atomic mass is 10.1. The van der Waals surface area contributed by atoms with E-state index in [-0.39, 0.29) is 24.2 Å². The van der Waals surface area contributed by atoms with Crippen LogP contribution in [-0.2, 0) is 16.1 Å². The highest BCUT2D eigenvalue weighted by atomic mass is 16.2. The number of aromatic nitrogens is 2. The first kappa shape index (κ1) is 14.6. The van der Waals surface area contributed by atoms with Gasteiger partial charge in [-0.15, -0.1) is 0 Å². The van der Waals surface area contributed by atoms with Gasteiger partial charge in [0.15, 0.2) is 0 Å². The Morgan fingerprint density at radius 3 is 2.95 bits per heavy atom. The number of anilines is 1. The van der Waals surface area contributed by atoms with Gasteiger partial charge >= 0.3 is 0 Å². The van der Waals surface area contributed by atoms with Crippen molar-refractivity contribution in [2.24, 2.45) is 11.8 Å². The monoisotopic (exact) mass is 278 g/mol. The number of rotatable bonds is 5. The van der Waals surface area contributed by atoms with E-state index in [1.165, 1.54) is 0 Å². The summed E-state index contributed by atoms with van der Waals surface area (Å²) >= 11 is 0. The Morgan fingerprint density at radius 1 is 1.55 bits per heavy atom. The van der Waals surface area contributed by atoms with Crippen LogP contribution in [0.4, 0.5) is 5.69 Å². The van der Waals surface area contributed by atoms with E-state index in [9.17, 15) is 9.59 Å². The fourth-order valence-corrected chi connectivity index (χ4v) is 2.42. The third kappa shape index (κ3) is 3.18. The van der Waals surface area contributed by atoms with Crippen molar-refractivity contribution in [3.8, 4) is 0 Å². The standard InChI is InChI=1S/C14H22N4O2/c1-4-15-14(20)11-5-13(19)18(8-11)12-6-16-17(9-12)7-10(2)3/h6,9-11H,4-5,7-8H2,1-3H3,(H,15,20)/t11-/m1/s1. The van der Waals surface area contributed by atoms with Crippen LogP contribution in [-0.4, -0.2) is 34.7 Å². The Kier molecular flexibility index (Phi) is 4.42. The lowest BCUT2D eigenvalue weighted by Gasteiger charge is -2.14. The second kappa shape index (κ2) is 6.07. The molecule has 110 valence electrons. The molecule has 1 atom stereocenters. The van der Waals surface area contributed by atoms with Crippen molar-refractivity contribution < 1.29 is 9.59 Å². The zero-order valence-corrected chi connectivity index (χ0v) is 12.3. The normalized spacial score (nSPS) is 18.9. The predicted octanol–water partition coefficient (Wildman–Crippen LogP) is 1.03. The van der Waals surface area contributed by atoms with E-state index >= 15 is 0 Å². The average Bonchev–Trinajstić information content (AvgIpc) is 2.95. The van der Waals surface area contributed by atoms with Gasteiger partial charge in [0.1, 0.15) is 0 Å². The van der Waals surface area contributed by atoms with Gasteiger partial charge in [-0.1, -0.05) is 13.8 Å². The van der Waals surface area contributed by atoms with Gasteiger partial charge < -0.3 is 10.2 Å². The molecule has 1 saturated heterocycles. The summed E-state index contributed by atoms with van der Waals surface area (Å²) < 4.78 is 1.84. The average molecular weight is 278 g/mol. The summed E-state index contributed by atoms with van der Waals surface area (Å²) in [6, 6.07) is 0. The molecule has 0 spiro atoms. The summed E-state index contributed by atoms with van der Waals surface area (Å²) in [7, 11) is 0. The fourth-order valence-electron chi connectivity index (χ4n) is 2.42. The van der Waals surface area contributed by atoms with Crippen LogP contribution in [0.15, 0.2) is 12.4 Å². The molecule has 0 unspecified atom stereocenters. The Hall–Kier alpha value is -1.85. The van der Waals surface area contributed by atoms with Gasteiger partial charge in [-0.2, -0.15) is 5.10 Å². The molecule has 2 amide bonds. The molecule has 0 aromatic carbocycles. The number of amides is 2. The Labute approximate surface area is 119 Å². The van der Waals surface area contributed by atoms with Crippen LogP contribution in [0, 0.1) is 11.8 Å². The molecule has 2 rings (SSSR count). The molecule has 1 aromatic heterocycles. The van der Waals surface area contributed by atoms with Gasteiger partial charge in [0, 0.05) is 32.3 Å². The minimum atomic E-state index is -0.254. The smallest absolute Gasteiger partial charge is 0.227 e. The highest BCUT2D eigenvalue weighted by Crippen LogP contribution is 2.24. The third-order valence-corrected chi connectivity index (χ3v) is 3.33. The lowest BCUT2D eigenvalue weighted by molar-refractivity contribution is -0.126. The number of carbonyl (C=O) groups excluding carboxylic acids is 2. The SMILES string of the molecule is CCNC(=O)[C@@H]1CC(=O)N(c2cnn(CC(C)C)c2)C1. The van der Waals surface area contributed by atoms with Crippen molar-refractivity contribution in [1.82, 2.24) is 15.1 Å². The van der Waals surface area contributed by atoms with Crippen molar-refractivity contribution >= 4 is 17.5 Å². The van der Waals surface area contributed by atoms with Crippen LogP contribution in [0.3, 0.4) is 0 Å². The lowest BCUT2D eigenvalue weighted by Crippen LogP contribution is -2.32. The van der Waals surface area contributed by atoms with Gasteiger partial charge in [0.25, 0.3) is 0 Å². The van der Waals surface area contributed by atoms with Gasteiger partial charge in [-0.25, -0.2) is 0 Å². The summed E-state index contributed by atoms with van der Waals surface area (Å²) in [5.41, 5.74) is 0.780. The van der Waals surface area contributed by atoms with Crippen LogP contribution in [0.25, 0.3) is 0 Å². The van der Waals surface area contributed by atoms with E-state index in [0.717, 1.165) is 12.2 Å².